The van der Waals surface area contributed by atoms with Crippen LogP contribution in [0.5, 0.6) is 0 Å². The first-order valence-electron chi connectivity index (χ1n) is 7.57. The summed E-state index contributed by atoms with van der Waals surface area (Å²) >= 11 is 7.86. The van der Waals surface area contributed by atoms with Crippen LogP contribution in [0.4, 0.5) is 0 Å². The SMILES string of the molecule is CSc1nc2c(c(=O)[nH]1)CC[C@@]1(CCc3c(Cl)cccc31)C2. The number of halogens is 1. The Morgan fingerprint density at radius 1 is 1.27 bits per heavy atom. The minimum absolute atomic E-state index is 0.0357. The van der Waals surface area contributed by atoms with Crippen LogP contribution in [0, 0.1) is 0 Å². The van der Waals surface area contributed by atoms with Gasteiger partial charge in [0.1, 0.15) is 0 Å². The van der Waals surface area contributed by atoms with Crippen LogP contribution in [0.1, 0.15) is 35.2 Å². The van der Waals surface area contributed by atoms with E-state index in [-0.39, 0.29) is 11.0 Å². The Labute approximate surface area is 138 Å². The molecule has 0 radical (unpaired) electrons. The molecule has 0 saturated heterocycles. The third kappa shape index (κ3) is 2.04. The normalized spacial score (nSPS) is 22.6. The average molecular weight is 333 g/mol. The van der Waals surface area contributed by atoms with E-state index >= 15 is 0 Å². The van der Waals surface area contributed by atoms with Crippen molar-refractivity contribution < 1.29 is 0 Å². The predicted octanol–water partition coefficient (Wildman–Crippen LogP) is 3.52. The van der Waals surface area contributed by atoms with Crippen LogP contribution in [0.15, 0.2) is 28.2 Å². The van der Waals surface area contributed by atoms with Gasteiger partial charge in [-0.1, -0.05) is 35.5 Å². The summed E-state index contributed by atoms with van der Waals surface area (Å²) in [6, 6.07) is 6.23. The molecule has 1 atom stereocenters. The van der Waals surface area contributed by atoms with Gasteiger partial charge in [0, 0.05) is 16.0 Å². The fourth-order valence-corrected chi connectivity index (χ4v) is 4.71. The Morgan fingerprint density at radius 3 is 2.82 bits per heavy atom. The van der Waals surface area contributed by atoms with E-state index < -0.39 is 0 Å². The summed E-state index contributed by atoms with van der Waals surface area (Å²) in [6.45, 7) is 0. The van der Waals surface area contributed by atoms with E-state index in [1.807, 2.05) is 18.4 Å². The Hall–Kier alpha value is -1.26. The van der Waals surface area contributed by atoms with Crippen molar-refractivity contribution in [2.75, 3.05) is 6.26 Å². The molecule has 114 valence electrons. The van der Waals surface area contributed by atoms with Gasteiger partial charge in [-0.15, -0.1) is 0 Å². The molecule has 1 aromatic carbocycles. The summed E-state index contributed by atoms with van der Waals surface area (Å²) in [4.78, 5) is 19.8. The van der Waals surface area contributed by atoms with Crippen molar-refractivity contribution in [1.82, 2.24) is 9.97 Å². The average Bonchev–Trinajstić information content (AvgIpc) is 2.87. The molecule has 1 heterocycles. The van der Waals surface area contributed by atoms with Crippen molar-refractivity contribution in [3.63, 3.8) is 0 Å². The fraction of sp³-hybridized carbons (Fsp3) is 0.412. The second kappa shape index (κ2) is 5.14. The number of hydrogen-bond acceptors (Lipinski definition) is 3. The van der Waals surface area contributed by atoms with E-state index in [2.05, 4.69) is 16.0 Å². The van der Waals surface area contributed by atoms with Crippen LogP contribution >= 0.6 is 23.4 Å². The number of benzene rings is 1. The Morgan fingerprint density at radius 2 is 2.05 bits per heavy atom. The van der Waals surface area contributed by atoms with Crippen LogP contribution < -0.4 is 5.56 Å². The lowest BCUT2D eigenvalue weighted by Crippen LogP contribution is -2.35. The first-order valence-corrected chi connectivity index (χ1v) is 9.17. The molecule has 0 amide bonds. The number of fused-ring (bicyclic) bond motifs is 3. The second-order valence-electron chi connectivity index (χ2n) is 6.22. The van der Waals surface area contributed by atoms with Gasteiger partial charge in [-0.25, -0.2) is 4.98 Å². The third-order valence-corrected chi connectivity index (χ3v) is 6.11. The number of aromatic amines is 1. The molecule has 0 fully saturated rings. The van der Waals surface area contributed by atoms with Gasteiger partial charge in [0.2, 0.25) is 0 Å². The summed E-state index contributed by atoms with van der Waals surface area (Å²) in [5, 5.41) is 1.59. The lowest BCUT2D eigenvalue weighted by molar-refractivity contribution is 0.360. The molecule has 2 aliphatic rings. The van der Waals surface area contributed by atoms with Gasteiger partial charge in [0.15, 0.2) is 5.16 Å². The molecule has 1 spiro atoms. The Bertz CT molecular complexity index is 817. The number of nitrogens with one attached hydrogen (secondary N) is 1. The van der Waals surface area contributed by atoms with E-state index in [0.29, 0.717) is 5.16 Å². The zero-order valence-corrected chi connectivity index (χ0v) is 14.0. The maximum absolute atomic E-state index is 12.2. The van der Waals surface area contributed by atoms with Crippen molar-refractivity contribution in [1.29, 1.82) is 0 Å². The fourth-order valence-electron chi connectivity index (χ4n) is 4.05. The smallest absolute Gasteiger partial charge is 0.254 e. The van der Waals surface area contributed by atoms with Crippen molar-refractivity contribution in [2.24, 2.45) is 0 Å². The highest BCUT2D eigenvalue weighted by Gasteiger charge is 2.42. The largest absolute Gasteiger partial charge is 0.301 e. The first-order chi connectivity index (χ1) is 10.6. The van der Waals surface area contributed by atoms with E-state index in [9.17, 15) is 4.79 Å². The Balaban J connectivity index is 1.82. The molecule has 2 aliphatic carbocycles. The Kier molecular flexibility index (Phi) is 3.35. The summed E-state index contributed by atoms with van der Waals surface area (Å²) in [7, 11) is 0. The molecular weight excluding hydrogens is 316 g/mol. The maximum atomic E-state index is 12.2. The molecular formula is C17H17ClN2OS. The highest BCUT2D eigenvalue weighted by atomic mass is 35.5. The van der Waals surface area contributed by atoms with Crippen LogP contribution in [0.25, 0.3) is 0 Å². The number of nitrogens with zero attached hydrogens (tertiary/aromatic N) is 1. The van der Waals surface area contributed by atoms with Crippen LogP contribution in [-0.4, -0.2) is 16.2 Å². The van der Waals surface area contributed by atoms with Gasteiger partial charge in [0.25, 0.3) is 5.56 Å². The van der Waals surface area contributed by atoms with Gasteiger partial charge >= 0.3 is 0 Å². The summed E-state index contributed by atoms with van der Waals surface area (Å²) in [6.07, 6.45) is 6.74. The lowest BCUT2D eigenvalue weighted by Gasteiger charge is -2.35. The first kappa shape index (κ1) is 14.3. The molecule has 22 heavy (non-hydrogen) atoms. The summed E-state index contributed by atoms with van der Waals surface area (Å²) < 4.78 is 0. The topological polar surface area (TPSA) is 45.8 Å². The second-order valence-corrected chi connectivity index (χ2v) is 7.43. The minimum Gasteiger partial charge on any atom is -0.301 e. The highest BCUT2D eigenvalue weighted by Crippen LogP contribution is 2.48. The van der Waals surface area contributed by atoms with Gasteiger partial charge in [-0.3, -0.25) is 4.79 Å². The quantitative estimate of drug-likeness (QED) is 0.642. The van der Waals surface area contributed by atoms with E-state index in [1.165, 1.54) is 22.9 Å². The number of aromatic nitrogens is 2. The number of thioether (sulfide) groups is 1. The summed E-state index contributed by atoms with van der Waals surface area (Å²) in [5.74, 6) is 0. The molecule has 1 N–H and O–H groups in total. The molecule has 3 nitrogen and oxygen atoms in total. The maximum Gasteiger partial charge on any atom is 0.254 e. The zero-order valence-electron chi connectivity index (χ0n) is 12.4. The number of hydrogen-bond donors (Lipinski definition) is 1. The van der Waals surface area contributed by atoms with E-state index in [1.54, 1.807) is 0 Å². The van der Waals surface area contributed by atoms with Crippen LogP contribution in [0.3, 0.4) is 0 Å². The molecule has 1 aromatic heterocycles. The number of rotatable bonds is 1. The van der Waals surface area contributed by atoms with E-state index in [0.717, 1.165) is 48.4 Å². The zero-order chi connectivity index (χ0) is 15.3. The van der Waals surface area contributed by atoms with Gasteiger partial charge in [0.05, 0.1) is 5.69 Å². The van der Waals surface area contributed by atoms with Gasteiger partial charge < -0.3 is 4.98 Å². The minimum atomic E-state index is 0.0357. The molecule has 0 aliphatic heterocycles. The van der Waals surface area contributed by atoms with Crippen molar-refractivity contribution >= 4 is 23.4 Å². The molecule has 4 rings (SSSR count). The lowest BCUT2D eigenvalue weighted by atomic mass is 9.70. The van der Waals surface area contributed by atoms with Crippen LogP contribution in [-0.2, 0) is 24.7 Å². The molecule has 5 heteroatoms. The summed E-state index contributed by atoms with van der Waals surface area (Å²) in [5.41, 5.74) is 4.67. The standard InChI is InChI=1S/C17H17ClN2OS/c1-22-16-19-14-9-17(8-6-11(14)15(21)20-16)7-5-10-12(17)3-2-4-13(10)18/h2-4H,5-9H2,1H3,(H,19,20,21)/t17-/m0/s1. The molecule has 0 saturated carbocycles. The molecule has 0 unspecified atom stereocenters. The van der Waals surface area contributed by atoms with Crippen molar-refractivity contribution in [3.8, 4) is 0 Å². The van der Waals surface area contributed by atoms with Crippen LogP contribution in [0.2, 0.25) is 5.02 Å². The molecule has 0 bridgehead atoms. The highest BCUT2D eigenvalue weighted by molar-refractivity contribution is 7.98. The van der Waals surface area contributed by atoms with E-state index in [4.69, 9.17) is 11.6 Å². The van der Waals surface area contributed by atoms with Gasteiger partial charge in [-0.05, 0) is 55.6 Å². The van der Waals surface area contributed by atoms with Crippen molar-refractivity contribution in [2.45, 2.75) is 42.7 Å². The third-order valence-electron chi connectivity index (χ3n) is 5.18. The predicted molar refractivity (Wildman–Crippen MR) is 90.1 cm³/mol. The number of H-pyrrole nitrogens is 1. The molecule has 2 aromatic rings. The van der Waals surface area contributed by atoms with Crippen molar-refractivity contribution in [3.05, 3.63) is 56.0 Å². The van der Waals surface area contributed by atoms with Gasteiger partial charge in [-0.2, -0.15) is 0 Å². The monoisotopic (exact) mass is 332 g/mol.